The van der Waals surface area contributed by atoms with E-state index in [0.29, 0.717) is 28.6 Å². The van der Waals surface area contributed by atoms with Crippen molar-refractivity contribution >= 4 is 40.6 Å². The number of benzene rings is 1. The standard InChI is InChI=1S/C20H20ClNO5S/c1-11(23)16-3-4-17(28-16)12-7-13-8-14(27-20(13)15(21)9-12)10-22-18(24)5-6-19(25)26-2/h3-4,7,9,14H,5-6,8,10H2,1-2H3,(H,22,24)/t14-/m0/s1. The summed E-state index contributed by atoms with van der Waals surface area (Å²) in [5.41, 5.74) is 1.90. The first-order chi connectivity index (χ1) is 13.4. The van der Waals surface area contributed by atoms with Crippen LogP contribution in [0.3, 0.4) is 0 Å². The normalized spacial score (nSPS) is 14.9. The molecule has 1 aliphatic rings. The molecule has 0 saturated heterocycles. The molecular weight excluding hydrogens is 402 g/mol. The molecule has 1 N–H and O–H groups in total. The molecule has 0 radical (unpaired) electrons. The van der Waals surface area contributed by atoms with Crippen LogP contribution < -0.4 is 10.1 Å². The minimum Gasteiger partial charge on any atom is -0.486 e. The van der Waals surface area contributed by atoms with Crippen LogP contribution in [0.1, 0.15) is 35.0 Å². The fourth-order valence-corrected chi connectivity index (χ4v) is 4.13. The molecule has 6 nitrogen and oxygen atoms in total. The van der Waals surface area contributed by atoms with Crippen LogP contribution in [0.15, 0.2) is 24.3 Å². The van der Waals surface area contributed by atoms with Crippen LogP contribution in [-0.4, -0.2) is 37.4 Å². The second-order valence-electron chi connectivity index (χ2n) is 6.49. The van der Waals surface area contributed by atoms with Gasteiger partial charge in [-0.25, -0.2) is 0 Å². The molecule has 1 aromatic heterocycles. The summed E-state index contributed by atoms with van der Waals surface area (Å²) in [4.78, 5) is 36.1. The van der Waals surface area contributed by atoms with Crippen molar-refractivity contribution in [2.75, 3.05) is 13.7 Å². The van der Waals surface area contributed by atoms with Crippen molar-refractivity contribution < 1.29 is 23.9 Å². The van der Waals surface area contributed by atoms with Crippen LogP contribution in [-0.2, 0) is 20.7 Å². The maximum atomic E-state index is 11.8. The van der Waals surface area contributed by atoms with E-state index in [1.165, 1.54) is 18.4 Å². The van der Waals surface area contributed by atoms with Gasteiger partial charge in [-0.15, -0.1) is 11.3 Å². The van der Waals surface area contributed by atoms with Gasteiger partial charge in [0.05, 0.1) is 30.0 Å². The molecule has 1 amide bonds. The first kappa shape index (κ1) is 20.4. The third kappa shape index (κ3) is 4.72. The number of fused-ring (bicyclic) bond motifs is 1. The summed E-state index contributed by atoms with van der Waals surface area (Å²) in [5, 5.41) is 3.27. The summed E-state index contributed by atoms with van der Waals surface area (Å²) >= 11 is 7.83. The van der Waals surface area contributed by atoms with Crippen LogP contribution in [0.5, 0.6) is 5.75 Å². The smallest absolute Gasteiger partial charge is 0.306 e. The van der Waals surface area contributed by atoms with Gasteiger partial charge >= 0.3 is 5.97 Å². The van der Waals surface area contributed by atoms with Gasteiger partial charge < -0.3 is 14.8 Å². The zero-order valence-electron chi connectivity index (χ0n) is 15.5. The minimum absolute atomic E-state index is 0.0369. The predicted molar refractivity (Wildman–Crippen MR) is 107 cm³/mol. The lowest BCUT2D eigenvalue weighted by molar-refractivity contribution is -0.142. The number of thiophene rings is 1. The number of Topliss-reactive ketones (excluding diaryl/α,β-unsaturated/α-hetero) is 1. The van der Waals surface area contributed by atoms with E-state index in [-0.39, 0.29) is 30.6 Å². The molecule has 148 valence electrons. The van der Waals surface area contributed by atoms with Gasteiger partial charge in [0.2, 0.25) is 5.91 Å². The van der Waals surface area contributed by atoms with E-state index < -0.39 is 5.97 Å². The van der Waals surface area contributed by atoms with Crippen molar-refractivity contribution in [2.24, 2.45) is 0 Å². The Morgan fingerprint density at radius 2 is 2.07 bits per heavy atom. The molecule has 28 heavy (non-hydrogen) atoms. The quantitative estimate of drug-likeness (QED) is 0.545. The van der Waals surface area contributed by atoms with Gasteiger partial charge in [0, 0.05) is 23.3 Å². The highest BCUT2D eigenvalue weighted by Crippen LogP contribution is 2.41. The number of hydrogen-bond donors (Lipinski definition) is 1. The van der Waals surface area contributed by atoms with Crippen molar-refractivity contribution in [1.29, 1.82) is 0 Å². The van der Waals surface area contributed by atoms with Crippen LogP contribution in [0.25, 0.3) is 10.4 Å². The number of nitrogens with one attached hydrogen (secondary N) is 1. The summed E-state index contributed by atoms with van der Waals surface area (Å²) in [5.74, 6) is 0.0185. The lowest BCUT2D eigenvalue weighted by Crippen LogP contribution is -2.34. The van der Waals surface area contributed by atoms with E-state index in [4.69, 9.17) is 16.3 Å². The second-order valence-corrected chi connectivity index (χ2v) is 7.98. The van der Waals surface area contributed by atoms with Gasteiger partial charge in [0.1, 0.15) is 11.9 Å². The van der Waals surface area contributed by atoms with E-state index in [1.807, 2.05) is 24.3 Å². The molecule has 0 aliphatic carbocycles. The molecule has 0 saturated carbocycles. The topological polar surface area (TPSA) is 81.7 Å². The number of carbonyl (C=O) groups excluding carboxylic acids is 3. The van der Waals surface area contributed by atoms with Gasteiger partial charge in [-0.3, -0.25) is 14.4 Å². The molecule has 2 heterocycles. The van der Waals surface area contributed by atoms with Gasteiger partial charge in [0.15, 0.2) is 5.78 Å². The number of ketones is 1. The largest absolute Gasteiger partial charge is 0.486 e. The Balaban J connectivity index is 1.62. The Morgan fingerprint density at radius 1 is 1.29 bits per heavy atom. The fourth-order valence-electron chi connectivity index (χ4n) is 2.96. The van der Waals surface area contributed by atoms with Crippen molar-refractivity contribution in [2.45, 2.75) is 32.3 Å². The molecule has 2 aromatic rings. The maximum absolute atomic E-state index is 11.8. The number of methoxy groups -OCH3 is 1. The molecule has 0 unspecified atom stereocenters. The number of rotatable bonds is 7. The number of ether oxygens (including phenoxy) is 2. The van der Waals surface area contributed by atoms with E-state index in [0.717, 1.165) is 16.0 Å². The molecule has 0 bridgehead atoms. The summed E-state index contributed by atoms with van der Waals surface area (Å²) in [6.07, 6.45) is 0.520. The number of hydrogen-bond acceptors (Lipinski definition) is 6. The Labute approximate surface area is 171 Å². The third-order valence-electron chi connectivity index (χ3n) is 4.40. The van der Waals surface area contributed by atoms with Crippen molar-refractivity contribution in [3.63, 3.8) is 0 Å². The van der Waals surface area contributed by atoms with Crippen molar-refractivity contribution in [3.8, 4) is 16.2 Å². The number of carbonyl (C=O) groups is 3. The first-order valence-electron chi connectivity index (χ1n) is 8.81. The van der Waals surface area contributed by atoms with Gasteiger partial charge in [0.25, 0.3) is 0 Å². The fraction of sp³-hybridized carbons (Fsp3) is 0.350. The van der Waals surface area contributed by atoms with Crippen LogP contribution >= 0.6 is 22.9 Å². The van der Waals surface area contributed by atoms with Gasteiger partial charge in [-0.05, 0) is 36.8 Å². The molecule has 0 fully saturated rings. The summed E-state index contributed by atoms with van der Waals surface area (Å²) in [7, 11) is 1.29. The molecule has 3 rings (SSSR count). The van der Waals surface area contributed by atoms with E-state index in [2.05, 4.69) is 10.1 Å². The molecule has 1 aliphatic heterocycles. The monoisotopic (exact) mass is 421 g/mol. The second kappa shape index (κ2) is 8.75. The van der Waals surface area contributed by atoms with Crippen molar-refractivity contribution in [1.82, 2.24) is 5.32 Å². The SMILES string of the molecule is COC(=O)CCC(=O)NC[C@@H]1Cc2cc(-c3ccc(C(C)=O)s3)cc(Cl)c2O1. The molecular formula is C20H20ClNO5S. The van der Waals surface area contributed by atoms with Crippen LogP contribution in [0.4, 0.5) is 0 Å². The van der Waals surface area contributed by atoms with Crippen LogP contribution in [0.2, 0.25) is 5.02 Å². The zero-order chi connectivity index (χ0) is 20.3. The highest BCUT2D eigenvalue weighted by molar-refractivity contribution is 7.17. The lowest BCUT2D eigenvalue weighted by Gasteiger charge is -2.12. The summed E-state index contributed by atoms with van der Waals surface area (Å²) < 4.78 is 10.4. The average Bonchev–Trinajstić information content (AvgIpc) is 3.31. The first-order valence-corrected chi connectivity index (χ1v) is 10.0. The zero-order valence-corrected chi connectivity index (χ0v) is 17.1. The molecule has 1 aromatic carbocycles. The van der Waals surface area contributed by atoms with E-state index in [9.17, 15) is 14.4 Å². The Bertz CT molecular complexity index is 923. The molecule has 0 spiro atoms. The Hall–Kier alpha value is -2.38. The van der Waals surface area contributed by atoms with Gasteiger partial charge in [-0.1, -0.05) is 11.6 Å². The van der Waals surface area contributed by atoms with E-state index in [1.54, 1.807) is 6.92 Å². The highest BCUT2D eigenvalue weighted by Gasteiger charge is 2.26. The van der Waals surface area contributed by atoms with E-state index >= 15 is 0 Å². The lowest BCUT2D eigenvalue weighted by atomic mass is 10.1. The number of esters is 1. The third-order valence-corrected chi connectivity index (χ3v) is 5.92. The Kier molecular flexibility index (Phi) is 6.36. The molecule has 1 atom stereocenters. The summed E-state index contributed by atoms with van der Waals surface area (Å²) in [6, 6.07) is 7.56. The number of halogens is 1. The number of amides is 1. The summed E-state index contributed by atoms with van der Waals surface area (Å²) in [6.45, 7) is 1.87. The highest BCUT2D eigenvalue weighted by atomic mass is 35.5. The van der Waals surface area contributed by atoms with Crippen LogP contribution in [0, 0.1) is 0 Å². The van der Waals surface area contributed by atoms with Crippen molar-refractivity contribution in [3.05, 3.63) is 39.7 Å². The predicted octanol–water partition coefficient (Wildman–Crippen LogP) is 3.64. The maximum Gasteiger partial charge on any atom is 0.306 e. The Morgan fingerprint density at radius 3 is 2.75 bits per heavy atom. The average molecular weight is 422 g/mol. The minimum atomic E-state index is -0.416. The molecule has 8 heteroatoms. The van der Waals surface area contributed by atoms with Gasteiger partial charge in [-0.2, -0.15) is 0 Å².